The Morgan fingerprint density at radius 3 is 2.80 bits per heavy atom. The zero-order valence-corrected chi connectivity index (χ0v) is 10.1. The van der Waals surface area contributed by atoms with Crippen LogP contribution in [0.3, 0.4) is 0 Å². The summed E-state index contributed by atoms with van der Waals surface area (Å²) in [6, 6.07) is 7.46. The smallest absolute Gasteiger partial charge is 0.305 e. The molecule has 0 spiro atoms. The van der Waals surface area contributed by atoms with Crippen molar-refractivity contribution in [2.24, 2.45) is 0 Å². The van der Waals surface area contributed by atoms with Gasteiger partial charge in [-0.25, -0.2) is 0 Å². The van der Waals surface area contributed by atoms with Gasteiger partial charge >= 0.3 is 11.4 Å². The molecule has 82 valence electrons. The fourth-order valence-electron chi connectivity index (χ4n) is 1.09. The lowest BCUT2D eigenvalue weighted by Gasteiger charge is -2.08. The minimum absolute atomic E-state index is 0.255. The zero-order chi connectivity index (χ0) is 10.7. The second-order valence-corrected chi connectivity index (χ2v) is 4.72. The Bertz CT molecular complexity index is 354. The van der Waals surface area contributed by atoms with E-state index in [-0.39, 0.29) is 6.10 Å². The maximum atomic E-state index is 10.7. The maximum Gasteiger partial charge on any atom is 0.305 e. The maximum absolute atomic E-state index is 10.7. The molecule has 6 heteroatoms. The van der Waals surface area contributed by atoms with E-state index in [4.69, 9.17) is 13.1 Å². The van der Waals surface area contributed by atoms with Crippen molar-refractivity contribution in [2.45, 2.75) is 6.10 Å². The van der Waals surface area contributed by atoms with Crippen molar-refractivity contribution in [1.82, 2.24) is 0 Å². The average molecular weight is 293 g/mol. The van der Waals surface area contributed by atoms with Crippen LogP contribution >= 0.6 is 15.9 Å². The monoisotopic (exact) mass is 292 g/mol. The molecule has 1 aromatic carbocycles. The highest BCUT2D eigenvalue weighted by molar-refractivity contribution is 9.10. The summed E-state index contributed by atoms with van der Waals surface area (Å²) in [5, 5.41) is 0. The first-order valence-corrected chi connectivity index (χ1v) is 6.14. The van der Waals surface area contributed by atoms with Crippen molar-refractivity contribution < 1.29 is 17.3 Å². The van der Waals surface area contributed by atoms with Crippen LogP contribution < -0.4 is 4.74 Å². The van der Waals surface area contributed by atoms with Gasteiger partial charge in [-0.15, -0.1) is 0 Å². The summed E-state index contributed by atoms with van der Waals surface area (Å²) in [6.45, 7) is 0.649. The third kappa shape index (κ3) is 3.27. The van der Waals surface area contributed by atoms with E-state index >= 15 is 0 Å². The highest BCUT2D eigenvalue weighted by atomic mass is 79.9. The molecule has 1 aliphatic rings. The number of hydrogen-bond donors (Lipinski definition) is 0. The molecule has 4 nitrogen and oxygen atoms in total. The van der Waals surface area contributed by atoms with Crippen LogP contribution in [-0.2, 0) is 19.7 Å². The Labute approximate surface area is 98.5 Å². The van der Waals surface area contributed by atoms with Gasteiger partial charge in [0.25, 0.3) is 0 Å². The third-order valence-electron chi connectivity index (χ3n) is 1.81. The molecule has 2 rings (SSSR count). The van der Waals surface area contributed by atoms with E-state index in [9.17, 15) is 4.21 Å². The zero-order valence-electron chi connectivity index (χ0n) is 7.72. The van der Waals surface area contributed by atoms with Crippen molar-refractivity contribution in [1.29, 1.82) is 0 Å². The van der Waals surface area contributed by atoms with Crippen LogP contribution in [-0.4, -0.2) is 23.5 Å². The normalized spacial score (nSPS) is 25.4. The number of benzene rings is 1. The molecule has 15 heavy (non-hydrogen) atoms. The molecule has 0 radical (unpaired) electrons. The molecule has 1 saturated heterocycles. The second kappa shape index (κ2) is 5.07. The first kappa shape index (κ1) is 11.1. The lowest BCUT2D eigenvalue weighted by atomic mass is 10.3. The summed E-state index contributed by atoms with van der Waals surface area (Å²) in [7, 11) is 0. The molecule has 1 heterocycles. The van der Waals surface area contributed by atoms with Crippen molar-refractivity contribution in [2.75, 3.05) is 13.2 Å². The van der Waals surface area contributed by atoms with Crippen LogP contribution in [0.25, 0.3) is 0 Å². The molecule has 1 fully saturated rings. The summed E-state index contributed by atoms with van der Waals surface area (Å²) in [6.07, 6.45) is -0.255. The molecule has 0 aromatic heterocycles. The fraction of sp³-hybridized carbons (Fsp3) is 0.333. The molecule has 1 aliphatic heterocycles. The quantitative estimate of drug-likeness (QED) is 0.853. The van der Waals surface area contributed by atoms with Gasteiger partial charge in [0.15, 0.2) is 0 Å². The lowest BCUT2D eigenvalue weighted by molar-refractivity contribution is 0.151. The van der Waals surface area contributed by atoms with Gasteiger partial charge in [-0.2, -0.15) is 4.21 Å². The van der Waals surface area contributed by atoms with Gasteiger partial charge in [0.2, 0.25) is 0 Å². The molecule has 2 atom stereocenters. The van der Waals surface area contributed by atoms with E-state index in [0.29, 0.717) is 13.2 Å². The van der Waals surface area contributed by atoms with Crippen LogP contribution in [0.4, 0.5) is 0 Å². The van der Waals surface area contributed by atoms with Crippen molar-refractivity contribution in [3.63, 3.8) is 0 Å². The first-order valence-electron chi connectivity index (χ1n) is 4.34. The molecular formula is C9H9BrO4S. The van der Waals surface area contributed by atoms with E-state index < -0.39 is 11.4 Å². The molecule has 1 aromatic rings. The summed E-state index contributed by atoms with van der Waals surface area (Å²) < 4.78 is 26.8. The highest BCUT2D eigenvalue weighted by Gasteiger charge is 2.23. The molecule has 0 unspecified atom stereocenters. The Morgan fingerprint density at radius 1 is 1.47 bits per heavy atom. The summed E-state index contributed by atoms with van der Waals surface area (Å²) in [5.74, 6) is 0.750. The predicted molar refractivity (Wildman–Crippen MR) is 58.6 cm³/mol. The van der Waals surface area contributed by atoms with E-state index in [2.05, 4.69) is 15.9 Å². The Kier molecular flexibility index (Phi) is 3.74. The van der Waals surface area contributed by atoms with Crippen LogP contribution in [0.2, 0.25) is 0 Å². The van der Waals surface area contributed by atoms with E-state index in [1.165, 1.54) is 0 Å². The standard InChI is InChI=1S/C9H9BrO4S/c10-7-1-3-8(4-2-7)12-5-9-6-13-15(11)14-9/h1-4,9H,5-6H2/t9-,15-/m0/s1. The van der Waals surface area contributed by atoms with E-state index in [1.54, 1.807) is 0 Å². The average Bonchev–Trinajstić information content (AvgIpc) is 2.64. The minimum Gasteiger partial charge on any atom is -0.491 e. The topological polar surface area (TPSA) is 44.8 Å². The number of halogens is 1. The molecule has 0 aliphatic carbocycles. The highest BCUT2D eigenvalue weighted by Crippen LogP contribution is 2.17. The van der Waals surface area contributed by atoms with Crippen molar-refractivity contribution >= 4 is 27.3 Å². The minimum atomic E-state index is -1.60. The Hall–Kier alpha value is -0.430. The van der Waals surface area contributed by atoms with Gasteiger partial charge < -0.3 is 4.74 Å². The largest absolute Gasteiger partial charge is 0.491 e. The van der Waals surface area contributed by atoms with Gasteiger partial charge in [0.05, 0.1) is 6.61 Å². The number of hydrogen-bond acceptors (Lipinski definition) is 4. The summed E-state index contributed by atoms with van der Waals surface area (Å²) in [4.78, 5) is 0. The number of ether oxygens (including phenoxy) is 1. The Morgan fingerprint density at radius 2 is 2.20 bits per heavy atom. The van der Waals surface area contributed by atoms with Gasteiger partial charge in [0, 0.05) is 4.47 Å². The van der Waals surface area contributed by atoms with Crippen LogP contribution in [0.5, 0.6) is 5.75 Å². The molecule has 0 N–H and O–H groups in total. The Balaban J connectivity index is 1.83. The van der Waals surface area contributed by atoms with Gasteiger partial charge in [-0.05, 0) is 24.3 Å². The molecular weight excluding hydrogens is 284 g/mol. The number of rotatable bonds is 3. The van der Waals surface area contributed by atoms with Gasteiger partial charge in [-0.3, -0.25) is 8.37 Å². The second-order valence-electron chi connectivity index (χ2n) is 2.97. The van der Waals surface area contributed by atoms with E-state index in [0.717, 1.165) is 10.2 Å². The molecule has 0 bridgehead atoms. The molecule has 0 amide bonds. The van der Waals surface area contributed by atoms with Crippen molar-refractivity contribution in [3.8, 4) is 5.75 Å². The van der Waals surface area contributed by atoms with E-state index in [1.807, 2.05) is 24.3 Å². The lowest BCUT2D eigenvalue weighted by Crippen LogP contribution is -2.19. The van der Waals surface area contributed by atoms with Gasteiger partial charge in [-0.1, -0.05) is 15.9 Å². The van der Waals surface area contributed by atoms with Crippen LogP contribution in [0.15, 0.2) is 28.7 Å². The third-order valence-corrected chi connectivity index (χ3v) is 3.10. The predicted octanol–water partition coefficient (Wildman–Crippen LogP) is 1.82. The van der Waals surface area contributed by atoms with Gasteiger partial charge in [0.1, 0.15) is 18.5 Å². The molecule has 0 saturated carbocycles. The summed E-state index contributed by atoms with van der Waals surface area (Å²) >= 11 is 1.73. The SMILES string of the molecule is O=[S@]1OC[C@H](COc2ccc(Br)cc2)O1. The fourth-order valence-corrected chi connectivity index (χ4v) is 2.01. The van der Waals surface area contributed by atoms with Crippen LogP contribution in [0.1, 0.15) is 0 Å². The van der Waals surface area contributed by atoms with Crippen molar-refractivity contribution in [3.05, 3.63) is 28.7 Å². The van der Waals surface area contributed by atoms with Crippen LogP contribution in [0, 0.1) is 0 Å². The first-order chi connectivity index (χ1) is 7.24. The summed E-state index contributed by atoms with van der Waals surface area (Å²) in [5.41, 5.74) is 0.